The highest BCUT2D eigenvalue weighted by molar-refractivity contribution is 6.37. The van der Waals surface area contributed by atoms with Crippen LogP contribution in [0.4, 0.5) is 5.69 Å². The number of carbonyl (C=O) groups excluding carboxylic acids is 4. The number of hydrogen-bond donors (Lipinski definition) is 2. The van der Waals surface area contributed by atoms with Crippen molar-refractivity contribution >= 4 is 29.2 Å². The van der Waals surface area contributed by atoms with Gasteiger partial charge in [-0.15, -0.1) is 0 Å². The second kappa shape index (κ2) is 10.9. The van der Waals surface area contributed by atoms with Gasteiger partial charge in [-0.25, -0.2) is 0 Å². The van der Waals surface area contributed by atoms with E-state index in [1.54, 1.807) is 24.3 Å². The molecule has 1 aliphatic heterocycles. The first kappa shape index (κ1) is 25.1. The Morgan fingerprint density at radius 3 is 2.19 bits per heavy atom. The molecule has 3 amide bonds. The molecule has 0 aromatic heterocycles. The van der Waals surface area contributed by atoms with E-state index in [9.17, 15) is 24.4 Å². The maximum absolute atomic E-state index is 12.4. The Hall–Kier alpha value is -3.21. The lowest BCUT2D eigenvalue weighted by atomic mass is 10.0. The number of likely N-dealkylation sites (tertiary alicyclic amines) is 1. The van der Waals surface area contributed by atoms with E-state index in [-0.39, 0.29) is 31.3 Å². The monoisotopic (exact) mass is 440 g/mol. The van der Waals surface area contributed by atoms with Gasteiger partial charge in [0.25, 0.3) is 5.91 Å². The van der Waals surface area contributed by atoms with Crippen molar-refractivity contribution in [1.29, 1.82) is 5.26 Å². The van der Waals surface area contributed by atoms with E-state index in [0.717, 1.165) is 0 Å². The van der Waals surface area contributed by atoms with Gasteiger partial charge in [-0.1, -0.05) is 45.9 Å². The molecule has 1 saturated carbocycles. The SMILES string of the molecule is CC(C)(C)C.N#CC1CC(C(=O)Nc2ccccc2)CN1C(=O)CNC(=O)C(=O)C1CC1. The molecule has 1 aromatic carbocycles. The van der Waals surface area contributed by atoms with Gasteiger partial charge in [0.05, 0.1) is 18.5 Å². The van der Waals surface area contributed by atoms with E-state index in [2.05, 4.69) is 38.3 Å². The van der Waals surface area contributed by atoms with Crippen LogP contribution in [0, 0.1) is 28.6 Å². The minimum atomic E-state index is -0.767. The molecule has 172 valence electrons. The van der Waals surface area contributed by atoms with Crippen LogP contribution < -0.4 is 10.6 Å². The van der Waals surface area contributed by atoms with Gasteiger partial charge in [-0.05, 0) is 36.8 Å². The third-order valence-corrected chi connectivity index (χ3v) is 4.75. The van der Waals surface area contributed by atoms with Crippen molar-refractivity contribution in [1.82, 2.24) is 10.2 Å². The molecule has 2 aliphatic rings. The summed E-state index contributed by atoms with van der Waals surface area (Å²) in [6.07, 6.45) is 1.65. The quantitative estimate of drug-likeness (QED) is 0.659. The Bertz CT molecular complexity index is 876. The minimum absolute atomic E-state index is 0.0994. The van der Waals surface area contributed by atoms with Crippen molar-refractivity contribution in [3.63, 3.8) is 0 Å². The number of nitrogens with one attached hydrogen (secondary N) is 2. The third-order valence-electron chi connectivity index (χ3n) is 4.75. The van der Waals surface area contributed by atoms with Crippen molar-refractivity contribution in [2.75, 3.05) is 18.4 Å². The molecule has 3 rings (SSSR count). The lowest BCUT2D eigenvalue weighted by molar-refractivity contribution is -0.140. The number of nitriles is 1. The van der Waals surface area contributed by atoms with E-state index in [1.807, 2.05) is 12.1 Å². The summed E-state index contributed by atoms with van der Waals surface area (Å²) in [5.74, 6) is -2.73. The van der Waals surface area contributed by atoms with Gasteiger partial charge in [-0.3, -0.25) is 19.2 Å². The van der Waals surface area contributed by atoms with Crippen LogP contribution in [0.15, 0.2) is 30.3 Å². The molecule has 8 nitrogen and oxygen atoms in total. The average Bonchev–Trinajstić information content (AvgIpc) is 3.48. The predicted octanol–water partition coefficient (Wildman–Crippen LogP) is 2.51. The molecular formula is C24H32N4O4. The van der Waals surface area contributed by atoms with Crippen LogP contribution in [-0.4, -0.2) is 47.5 Å². The van der Waals surface area contributed by atoms with E-state index in [4.69, 9.17) is 0 Å². The standard InChI is InChI=1S/C19H20N4O4.C5H12/c20-9-15-8-13(18(26)22-14-4-2-1-3-5-14)11-23(15)16(24)10-21-19(27)17(25)12-6-7-12;1-5(2,3)4/h1-5,12-13,15H,6-8,10-11H2,(H,21,27)(H,22,26);1-4H3. The van der Waals surface area contributed by atoms with Crippen LogP contribution >= 0.6 is 0 Å². The number of Topliss-reactive ketones (excluding diaryl/α,β-unsaturated/α-hetero) is 1. The Morgan fingerprint density at radius 2 is 1.66 bits per heavy atom. The van der Waals surface area contributed by atoms with Crippen LogP contribution in [0.3, 0.4) is 0 Å². The molecule has 1 aromatic rings. The predicted molar refractivity (Wildman–Crippen MR) is 120 cm³/mol. The van der Waals surface area contributed by atoms with E-state index in [1.165, 1.54) is 4.90 Å². The number of nitrogens with zero attached hydrogens (tertiary/aromatic N) is 2. The highest BCUT2D eigenvalue weighted by atomic mass is 16.2. The Balaban J connectivity index is 0.000000654. The number of rotatable bonds is 6. The lowest BCUT2D eigenvalue weighted by Crippen LogP contribution is -2.44. The zero-order valence-electron chi connectivity index (χ0n) is 19.2. The van der Waals surface area contributed by atoms with Crippen molar-refractivity contribution in [2.24, 2.45) is 17.3 Å². The first-order valence-corrected chi connectivity index (χ1v) is 10.9. The molecule has 1 saturated heterocycles. The number of para-hydroxylation sites is 1. The maximum Gasteiger partial charge on any atom is 0.288 e. The number of amides is 3. The summed E-state index contributed by atoms with van der Waals surface area (Å²) >= 11 is 0. The third kappa shape index (κ3) is 8.14. The van der Waals surface area contributed by atoms with Crippen LogP contribution in [0.5, 0.6) is 0 Å². The summed E-state index contributed by atoms with van der Waals surface area (Å²) in [4.78, 5) is 49.4. The summed E-state index contributed by atoms with van der Waals surface area (Å²) in [5, 5.41) is 14.4. The molecule has 0 radical (unpaired) electrons. The van der Waals surface area contributed by atoms with Gasteiger partial charge < -0.3 is 15.5 Å². The fraction of sp³-hybridized carbons (Fsp3) is 0.542. The molecule has 1 heterocycles. The van der Waals surface area contributed by atoms with Crippen LogP contribution in [0.2, 0.25) is 0 Å². The smallest absolute Gasteiger partial charge is 0.288 e. The first-order valence-electron chi connectivity index (χ1n) is 10.9. The Labute approximate surface area is 189 Å². The zero-order chi connectivity index (χ0) is 23.9. The topological polar surface area (TPSA) is 119 Å². The molecular weight excluding hydrogens is 408 g/mol. The summed E-state index contributed by atoms with van der Waals surface area (Å²) in [7, 11) is 0. The van der Waals surface area contributed by atoms with Gasteiger partial charge >= 0.3 is 0 Å². The van der Waals surface area contributed by atoms with Crippen molar-refractivity contribution in [3.05, 3.63) is 30.3 Å². The number of benzene rings is 1. The molecule has 0 bridgehead atoms. The minimum Gasteiger partial charge on any atom is -0.340 e. The van der Waals surface area contributed by atoms with Gasteiger partial charge in [0.1, 0.15) is 6.04 Å². The Kier molecular flexibility index (Phi) is 8.53. The van der Waals surface area contributed by atoms with Crippen molar-refractivity contribution < 1.29 is 19.2 Å². The van der Waals surface area contributed by atoms with E-state index >= 15 is 0 Å². The number of anilines is 1. The van der Waals surface area contributed by atoms with Crippen LogP contribution in [-0.2, 0) is 19.2 Å². The fourth-order valence-corrected chi connectivity index (χ4v) is 3.07. The number of carbonyl (C=O) groups is 4. The molecule has 2 fully saturated rings. The van der Waals surface area contributed by atoms with E-state index in [0.29, 0.717) is 23.9 Å². The maximum atomic E-state index is 12.4. The fourth-order valence-electron chi connectivity index (χ4n) is 3.07. The summed E-state index contributed by atoms with van der Waals surface area (Å²) in [6.45, 7) is 8.49. The number of hydrogen-bond acceptors (Lipinski definition) is 5. The second-order valence-corrected chi connectivity index (χ2v) is 9.80. The van der Waals surface area contributed by atoms with Crippen LogP contribution in [0.1, 0.15) is 47.0 Å². The molecule has 1 aliphatic carbocycles. The summed E-state index contributed by atoms with van der Waals surface area (Å²) in [5.41, 5.74) is 1.15. The first-order chi connectivity index (χ1) is 15.0. The molecule has 2 atom stereocenters. The van der Waals surface area contributed by atoms with Crippen molar-refractivity contribution in [3.8, 4) is 6.07 Å². The molecule has 2 unspecified atom stereocenters. The second-order valence-electron chi connectivity index (χ2n) is 9.80. The highest BCUT2D eigenvalue weighted by Crippen LogP contribution is 2.29. The van der Waals surface area contributed by atoms with E-state index < -0.39 is 29.6 Å². The largest absolute Gasteiger partial charge is 0.340 e. The van der Waals surface area contributed by atoms with Gasteiger partial charge in [0, 0.05) is 18.2 Å². The highest BCUT2D eigenvalue weighted by Gasteiger charge is 2.39. The number of ketones is 1. The summed E-state index contributed by atoms with van der Waals surface area (Å²) < 4.78 is 0. The van der Waals surface area contributed by atoms with Gasteiger partial charge in [0.15, 0.2) is 0 Å². The lowest BCUT2D eigenvalue weighted by Gasteiger charge is -2.19. The summed E-state index contributed by atoms with van der Waals surface area (Å²) in [6, 6.07) is 10.2. The molecule has 8 heteroatoms. The zero-order valence-corrected chi connectivity index (χ0v) is 19.2. The average molecular weight is 441 g/mol. The van der Waals surface area contributed by atoms with Crippen LogP contribution in [0.25, 0.3) is 0 Å². The molecule has 2 N–H and O–H groups in total. The molecule has 32 heavy (non-hydrogen) atoms. The van der Waals surface area contributed by atoms with Gasteiger partial charge in [0.2, 0.25) is 17.6 Å². The molecule has 0 spiro atoms. The van der Waals surface area contributed by atoms with Crippen molar-refractivity contribution in [2.45, 2.75) is 53.0 Å². The Morgan fingerprint density at radius 1 is 1.06 bits per heavy atom. The normalized spacial score (nSPS) is 19.8. The van der Waals surface area contributed by atoms with Gasteiger partial charge in [-0.2, -0.15) is 5.26 Å².